The molecule has 3 aromatic rings. The van der Waals surface area contributed by atoms with Crippen molar-refractivity contribution in [2.75, 3.05) is 19.6 Å². The van der Waals surface area contributed by atoms with Gasteiger partial charge < -0.3 is 14.8 Å². The third-order valence-corrected chi connectivity index (χ3v) is 6.05. The van der Waals surface area contributed by atoms with E-state index in [0.717, 1.165) is 49.2 Å². The van der Waals surface area contributed by atoms with Crippen molar-refractivity contribution in [3.63, 3.8) is 0 Å². The fourth-order valence-electron chi connectivity index (χ4n) is 4.06. The zero-order valence-corrected chi connectivity index (χ0v) is 18.3. The van der Waals surface area contributed by atoms with Gasteiger partial charge in [-0.15, -0.1) is 0 Å². The number of carbonyl (C=O) groups excluding carboxylic acids is 2. The number of hydrogen-bond donors (Lipinski definition) is 1. The van der Waals surface area contributed by atoms with Crippen molar-refractivity contribution >= 4 is 34.4 Å². The zero-order chi connectivity index (χ0) is 21.6. The molecule has 1 fully saturated rings. The predicted octanol–water partition coefficient (Wildman–Crippen LogP) is 4.06. The highest BCUT2D eigenvalue weighted by molar-refractivity contribution is 6.33. The van der Waals surface area contributed by atoms with Crippen LogP contribution in [-0.4, -0.2) is 45.9 Å². The highest BCUT2D eigenvalue weighted by atomic mass is 35.5. The molecular weight excluding hydrogens is 412 g/mol. The summed E-state index contributed by atoms with van der Waals surface area (Å²) in [5, 5.41) is 3.36. The Hall–Kier alpha value is -2.86. The lowest BCUT2D eigenvalue weighted by molar-refractivity contribution is -0.132. The molecule has 4 rings (SSSR count). The van der Waals surface area contributed by atoms with Gasteiger partial charge in [0.2, 0.25) is 5.91 Å². The third kappa shape index (κ3) is 5.07. The number of halogens is 1. The Morgan fingerprint density at radius 3 is 2.55 bits per heavy atom. The summed E-state index contributed by atoms with van der Waals surface area (Å²) in [6, 6.07) is 14.9. The van der Waals surface area contributed by atoms with E-state index in [4.69, 9.17) is 16.6 Å². The van der Waals surface area contributed by atoms with E-state index in [-0.39, 0.29) is 11.8 Å². The van der Waals surface area contributed by atoms with Crippen molar-refractivity contribution in [3.05, 3.63) is 64.9 Å². The maximum Gasteiger partial charge on any atom is 0.252 e. The number of benzene rings is 2. The van der Waals surface area contributed by atoms with Crippen LogP contribution in [0.2, 0.25) is 5.02 Å². The number of para-hydroxylation sites is 2. The topological polar surface area (TPSA) is 67.2 Å². The van der Waals surface area contributed by atoms with Crippen LogP contribution in [0, 0.1) is 0 Å². The van der Waals surface area contributed by atoms with Gasteiger partial charge >= 0.3 is 0 Å². The average molecular weight is 439 g/mol. The predicted molar refractivity (Wildman–Crippen MR) is 122 cm³/mol. The number of likely N-dealkylation sites (tertiary alicyclic amines) is 1. The van der Waals surface area contributed by atoms with E-state index in [9.17, 15) is 9.59 Å². The van der Waals surface area contributed by atoms with Gasteiger partial charge in [-0.1, -0.05) is 35.9 Å². The molecule has 0 atom stereocenters. The molecule has 1 aromatic heterocycles. The van der Waals surface area contributed by atoms with Crippen LogP contribution >= 0.6 is 11.6 Å². The van der Waals surface area contributed by atoms with Gasteiger partial charge in [-0.2, -0.15) is 0 Å². The number of aryl methyl sites for hydroxylation is 1. The van der Waals surface area contributed by atoms with Crippen LogP contribution in [0.1, 0.15) is 41.9 Å². The Kier molecular flexibility index (Phi) is 6.87. The van der Waals surface area contributed by atoms with Crippen molar-refractivity contribution < 1.29 is 9.59 Å². The normalized spacial score (nSPS) is 14.0. The van der Waals surface area contributed by atoms with Crippen molar-refractivity contribution in [1.82, 2.24) is 19.8 Å². The standard InChI is InChI=1S/C24H27ClN4O2/c25-19-10-3-2-9-18(19)24(31)26-14-8-13-22-27-20-11-4-5-12-21(20)29(22)17-23(30)28-15-6-1-7-16-28/h2-5,9-12H,1,6-8,13-17H2,(H,26,31). The largest absolute Gasteiger partial charge is 0.352 e. The van der Waals surface area contributed by atoms with Crippen LogP contribution in [0.15, 0.2) is 48.5 Å². The lowest BCUT2D eigenvalue weighted by atomic mass is 10.1. The molecule has 0 radical (unpaired) electrons. The minimum atomic E-state index is -0.181. The SMILES string of the molecule is O=C(NCCCc1nc2ccccc2n1CC(=O)N1CCCCC1)c1ccccc1Cl. The first-order valence-corrected chi connectivity index (χ1v) is 11.3. The van der Waals surface area contributed by atoms with E-state index < -0.39 is 0 Å². The second-order valence-electron chi connectivity index (χ2n) is 7.88. The number of amides is 2. The third-order valence-electron chi connectivity index (χ3n) is 5.72. The molecule has 6 nitrogen and oxygen atoms in total. The summed E-state index contributed by atoms with van der Waals surface area (Å²) in [4.78, 5) is 31.9. The zero-order valence-electron chi connectivity index (χ0n) is 17.5. The van der Waals surface area contributed by atoms with Gasteiger partial charge in [0.15, 0.2) is 0 Å². The van der Waals surface area contributed by atoms with Crippen molar-refractivity contribution in [2.24, 2.45) is 0 Å². The molecule has 0 saturated carbocycles. The van der Waals surface area contributed by atoms with Crippen LogP contribution in [0.25, 0.3) is 11.0 Å². The molecule has 2 heterocycles. The van der Waals surface area contributed by atoms with Crippen LogP contribution < -0.4 is 5.32 Å². The molecule has 1 N–H and O–H groups in total. The molecular formula is C24H27ClN4O2. The van der Waals surface area contributed by atoms with Gasteiger partial charge in [-0.05, 0) is 49.9 Å². The minimum Gasteiger partial charge on any atom is -0.352 e. The molecule has 2 aromatic carbocycles. The maximum absolute atomic E-state index is 12.9. The van der Waals surface area contributed by atoms with Crippen molar-refractivity contribution in [1.29, 1.82) is 0 Å². The summed E-state index contributed by atoms with van der Waals surface area (Å²) in [5.74, 6) is 0.842. The lowest BCUT2D eigenvalue weighted by Crippen LogP contribution is -2.38. The quantitative estimate of drug-likeness (QED) is 0.565. The number of imidazole rings is 1. The number of aromatic nitrogens is 2. The van der Waals surface area contributed by atoms with E-state index >= 15 is 0 Å². The van der Waals surface area contributed by atoms with Crippen molar-refractivity contribution in [2.45, 2.75) is 38.6 Å². The van der Waals surface area contributed by atoms with E-state index in [0.29, 0.717) is 30.1 Å². The smallest absolute Gasteiger partial charge is 0.252 e. The number of rotatable bonds is 7. The molecule has 162 valence electrons. The van der Waals surface area contributed by atoms with Crippen LogP contribution in [-0.2, 0) is 17.8 Å². The molecule has 7 heteroatoms. The summed E-state index contributed by atoms with van der Waals surface area (Å²) in [7, 11) is 0. The number of piperidine rings is 1. The van der Waals surface area contributed by atoms with Crippen LogP contribution in [0.4, 0.5) is 0 Å². The van der Waals surface area contributed by atoms with Gasteiger partial charge in [0.1, 0.15) is 12.4 Å². The summed E-state index contributed by atoms with van der Waals surface area (Å²) in [6.45, 7) is 2.50. The molecule has 0 bridgehead atoms. The highest BCUT2D eigenvalue weighted by Crippen LogP contribution is 2.19. The lowest BCUT2D eigenvalue weighted by Gasteiger charge is -2.27. The Morgan fingerprint density at radius 2 is 1.74 bits per heavy atom. The first kappa shape index (κ1) is 21.4. The van der Waals surface area contributed by atoms with Gasteiger partial charge in [-0.3, -0.25) is 9.59 Å². The number of nitrogens with zero attached hydrogens (tertiary/aromatic N) is 3. The minimum absolute atomic E-state index is 0.149. The Morgan fingerprint density at radius 1 is 1.00 bits per heavy atom. The average Bonchev–Trinajstić information content (AvgIpc) is 3.14. The number of fused-ring (bicyclic) bond motifs is 1. The van der Waals surface area contributed by atoms with Gasteiger partial charge in [-0.25, -0.2) is 4.98 Å². The molecule has 0 aliphatic carbocycles. The highest BCUT2D eigenvalue weighted by Gasteiger charge is 2.20. The fraction of sp³-hybridized carbons (Fsp3) is 0.375. The Labute approximate surface area is 187 Å². The first-order valence-electron chi connectivity index (χ1n) is 10.9. The Balaban J connectivity index is 1.41. The monoisotopic (exact) mass is 438 g/mol. The van der Waals surface area contributed by atoms with Gasteiger partial charge in [0.25, 0.3) is 5.91 Å². The second kappa shape index (κ2) is 9.96. The van der Waals surface area contributed by atoms with Crippen LogP contribution in [0.5, 0.6) is 0 Å². The number of nitrogens with one attached hydrogen (secondary N) is 1. The molecule has 1 aliphatic rings. The Bertz CT molecular complexity index is 1070. The molecule has 0 spiro atoms. The van der Waals surface area contributed by atoms with Gasteiger partial charge in [0, 0.05) is 26.1 Å². The number of carbonyl (C=O) groups is 2. The fourth-order valence-corrected chi connectivity index (χ4v) is 4.28. The number of hydrogen-bond acceptors (Lipinski definition) is 3. The molecule has 2 amide bonds. The molecule has 1 aliphatic heterocycles. The van der Waals surface area contributed by atoms with E-state index in [1.165, 1.54) is 6.42 Å². The molecule has 31 heavy (non-hydrogen) atoms. The van der Waals surface area contributed by atoms with E-state index in [1.54, 1.807) is 24.3 Å². The van der Waals surface area contributed by atoms with Crippen molar-refractivity contribution in [3.8, 4) is 0 Å². The first-order chi connectivity index (χ1) is 15.1. The molecule has 1 saturated heterocycles. The second-order valence-corrected chi connectivity index (χ2v) is 8.29. The summed E-state index contributed by atoms with van der Waals surface area (Å²) in [5.41, 5.74) is 2.34. The summed E-state index contributed by atoms with van der Waals surface area (Å²) in [6.07, 6.45) is 4.74. The summed E-state index contributed by atoms with van der Waals surface area (Å²) >= 11 is 6.10. The maximum atomic E-state index is 12.9. The van der Waals surface area contributed by atoms with Gasteiger partial charge in [0.05, 0.1) is 21.6 Å². The van der Waals surface area contributed by atoms with Crippen LogP contribution in [0.3, 0.4) is 0 Å². The van der Waals surface area contributed by atoms with E-state index in [2.05, 4.69) is 5.32 Å². The molecule has 0 unspecified atom stereocenters. The summed E-state index contributed by atoms with van der Waals surface area (Å²) < 4.78 is 2.03. The van der Waals surface area contributed by atoms with E-state index in [1.807, 2.05) is 33.7 Å².